The molecule has 1 aromatic heterocycles. The van der Waals surface area contributed by atoms with Crippen molar-refractivity contribution < 1.29 is 34.1 Å². The number of hydrogen-bond donors (Lipinski definition) is 4. The number of amides is 2. The normalized spacial score (nSPS) is 18.8. The van der Waals surface area contributed by atoms with E-state index in [4.69, 9.17) is 9.47 Å². The fraction of sp³-hybridized carbons (Fsp3) is 0.368. The third-order valence-electron chi connectivity index (χ3n) is 14.6. The molecule has 2 bridgehead atoms. The Morgan fingerprint density at radius 1 is 0.786 bits per heavy atom. The number of fused-ring (bicyclic) bond motifs is 4. The summed E-state index contributed by atoms with van der Waals surface area (Å²) < 4.78 is 12.6. The summed E-state index contributed by atoms with van der Waals surface area (Å²) in [4.78, 5) is 62.8. The average molecular weight is 946 g/mol. The number of piperidine rings is 4. The van der Waals surface area contributed by atoms with Crippen LogP contribution in [0.3, 0.4) is 0 Å². The van der Waals surface area contributed by atoms with Crippen molar-refractivity contribution in [3.63, 3.8) is 0 Å². The zero-order chi connectivity index (χ0) is 48.5. The monoisotopic (exact) mass is 945 g/mol. The molecule has 13 heteroatoms. The number of carbonyl (C=O) groups excluding carboxylic acids is 3. The van der Waals surface area contributed by atoms with Crippen LogP contribution in [0.2, 0.25) is 0 Å². The predicted molar refractivity (Wildman–Crippen MR) is 268 cm³/mol. The quantitative estimate of drug-likeness (QED) is 0.0500. The van der Waals surface area contributed by atoms with Crippen LogP contribution in [0, 0.1) is 5.92 Å². The Labute approximate surface area is 409 Å². The van der Waals surface area contributed by atoms with E-state index >= 15 is 0 Å². The van der Waals surface area contributed by atoms with Crippen molar-refractivity contribution in [1.82, 2.24) is 25.0 Å². The molecule has 0 spiro atoms. The first-order valence-corrected chi connectivity index (χ1v) is 24.7. The zero-order valence-corrected chi connectivity index (χ0v) is 39.6. The van der Waals surface area contributed by atoms with Gasteiger partial charge in [-0.1, -0.05) is 109 Å². The minimum atomic E-state index is -0.909. The molecule has 5 aromatic carbocycles. The number of pyridine rings is 1. The smallest absolute Gasteiger partial charge is 0.317 e. The summed E-state index contributed by atoms with van der Waals surface area (Å²) in [5, 5.41) is 25.3. The number of benzene rings is 5. The van der Waals surface area contributed by atoms with Crippen molar-refractivity contribution in [2.45, 2.75) is 75.7 Å². The standard InChI is InChI=1S/C57H63N5O8/c63-48-22-20-46(47-21-23-52(65)59-55(47)48)49(64)36-58-28-9-29-62(37-44-12-7-8-15-50(44)69-39-42-10-3-1-4-11-42)54(67)35-41-18-16-40(17-19-41)34-53(66)61-32-26-57(27-33-61,45-13-5-2-6-14-45)56(68)70-51-38-60-30-24-43(51)25-31-60/h1-8,10-23,43,49,51,58,63-64H,9,24-39H2,(H,59,65)/t49-,51-/m0/s1. The largest absolute Gasteiger partial charge is 0.506 e. The molecule has 5 heterocycles. The Kier molecular flexibility index (Phi) is 15.4. The van der Waals surface area contributed by atoms with Gasteiger partial charge in [0.05, 0.1) is 29.9 Å². The van der Waals surface area contributed by atoms with Crippen LogP contribution >= 0.6 is 0 Å². The highest BCUT2D eigenvalue weighted by atomic mass is 16.5. The molecule has 0 saturated carbocycles. The molecule has 0 unspecified atom stereocenters. The zero-order valence-electron chi connectivity index (χ0n) is 39.6. The number of esters is 1. The van der Waals surface area contributed by atoms with Crippen LogP contribution in [-0.2, 0) is 50.5 Å². The maximum Gasteiger partial charge on any atom is 0.317 e. The number of aromatic amines is 1. The van der Waals surface area contributed by atoms with Gasteiger partial charge < -0.3 is 39.8 Å². The number of ether oxygens (including phenoxy) is 2. The molecule has 4 N–H and O–H groups in total. The van der Waals surface area contributed by atoms with Gasteiger partial charge in [-0.05, 0) is 104 Å². The maximum absolute atomic E-state index is 14.2. The van der Waals surface area contributed by atoms with E-state index in [9.17, 15) is 29.4 Å². The average Bonchev–Trinajstić information content (AvgIpc) is 3.39. The molecule has 4 aliphatic heterocycles. The number of H-pyrrole nitrogens is 1. The first kappa shape index (κ1) is 48.2. The van der Waals surface area contributed by atoms with Crippen LogP contribution in [0.25, 0.3) is 10.9 Å². The second-order valence-electron chi connectivity index (χ2n) is 19.1. The van der Waals surface area contributed by atoms with Crippen molar-refractivity contribution in [1.29, 1.82) is 0 Å². The van der Waals surface area contributed by atoms with E-state index in [2.05, 4.69) is 15.2 Å². The van der Waals surface area contributed by atoms with Crippen LogP contribution in [0.15, 0.2) is 138 Å². The van der Waals surface area contributed by atoms with E-state index in [0.29, 0.717) is 81.2 Å². The van der Waals surface area contributed by atoms with E-state index < -0.39 is 11.5 Å². The first-order valence-electron chi connectivity index (χ1n) is 24.7. The van der Waals surface area contributed by atoms with Gasteiger partial charge in [0.1, 0.15) is 24.2 Å². The number of phenolic OH excluding ortho intramolecular Hbond substituents is 1. The Morgan fingerprint density at radius 2 is 1.47 bits per heavy atom. The minimum Gasteiger partial charge on any atom is -0.506 e. The minimum absolute atomic E-state index is 0.00413. The molecular formula is C57H63N5O8. The van der Waals surface area contributed by atoms with Crippen LogP contribution in [0.1, 0.15) is 71.6 Å². The Hall–Kier alpha value is -6.80. The number of aromatic hydroxyl groups is 1. The van der Waals surface area contributed by atoms with E-state index in [-0.39, 0.29) is 60.1 Å². The molecule has 6 aromatic rings. The molecule has 4 aliphatic rings. The number of aliphatic hydroxyl groups excluding tert-OH is 1. The maximum atomic E-state index is 14.2. The molecule has 2 amide bonds. The lowest BCUT2D eigenvalue weighted by molar-refractivity contribution is -0.168. The van der Waals surface area contributed by atoms with Crippen molar-refractivity contribution >= 4 is 28.7 Å². The lowest BCUT2D eigenvalue weighted by atomic mass is 9.72. The van der Waals surface area contributed by atoms with Crippen molar-refractivity contribution in [2.75, 3.05) is 52.4 Å². The van der Waals surface area contributed by atoms with Crippen molar-refractivity contribution in [3.05, 3.63) is 177 Å². The number of nitrogens with zero attached hydrogens (tertiary/aromatic N) is 3. The fourth-order valence-electron chi connectivity index (χ4n) is 10.4. The third-order valence-corrected chi connectivity index (χ3v) is 14.6. The molecule has 4 saturated heterocycles. The van der Waals surface area contributed by atoms with E-state index in [1.807, 2.05) is 119 Å². The van der Waals surface area contributed by atoms with E-state index in [1.54, 1.807) is 12.1 Å². The Balaban J connectivity index is 0.816. The summed E-state index contributed by atoms with van der Waals surface area (Å²) in [5.41, 5.74) is 4.26. The van der Waals surface area contributed by atoms with Crippen molar-refractivity contribution in [3.8, 4) is 11.5 Å². The summed E-state index contributed by atoms with van der Waals surface area (Å²) in [6.45, 7) is 5.75. The summed E-state index contributed by atoms with van der Waals surface area (Å²) in [5.74, 6) is 0.823. The lowest BCUT2D eigenvalue weighted by Crippen LogP contribution is -2.55. The van der Waals surface area contributed by atoms with Gasteiger partial charge in [-0.3, -0.25) is 24.1 Å². The molecule has 10 rings (SSSR count). The number of nitrogens with one attached hydrogen (secondary N) is 2. The lowest BCUT2D eigenvalue weighted by Gasteiger charge is -2.46. The van der Waals surface area contributed by atoms with Gasteiger partial charge in [0, 0.05) is 56.3 Å². The first-order chi connectivity index (χ1) is 34.1. The fourth-order valence-corrected chi connectivity index (χ4v) is 10.4. The molecule has 364 valence electrons. The highest BCUT2D eigenvalue weighted by molar-refractivity contribution is 5.87. The number of phenols is 1. The molecular weight excluding hydrogens is 883 g/mol. The van der Waals surface area contributed by atoms with Crippen LogP contribution in [0.4, 0.5) is 0 Å². The Morgan fingerprint density at radius 3 is 2.19 bits per heavy atom. The molecule has 2 atom stereocenters. The predicted octanol–water partition coefficient (Wildman–Crippen LogP) is 6.84. The van der Waals surface area contributed by atoms with Gasteiger partial charge in [-0.25, -0.2) is 0 Å². The highest BCUT2D eigenvalue weighted by Crippen LogP contribution is 2.39. The number of aromatic nitrogens is 1. The second kappa shape index (κ2) is 22.3. The van der Waals surface area contributed by atoms with Gasteiger partial charge >= 0.3 is 5.97 Å². The number of carbonyl (C=O) groups is 3. The highest BCUT2D eigenvalue weighted by Gasteiger charge is 2.47. The number of likely N-dealkylation sites (tertiary alicyclic amines) is 1. The summed E-state index contributed by atoms with van der Waals surface area (Å²) in [6, 6.07) is 41.4. The van der Waals surface area contributed by atoms with Gasteiger partial charge in [-0.15, -0.1) is 0 Å². The summed E-state index contributed by atoms with van der Waals surface area (Å²) >= 11 is 0. The molecule has 13 nitrogen and oxygen atoms in total. The van der Waals surface area contributed by atoms with Crippen LogP contribution < -0.4 is 15.6 Å². The van der Waals surface area contributed by atoms with Crippen molar-refractivity contribution in [2.24, 2.45) is 5.92 Å². The van der Waals surface area contributed by atoms with E-state index in [1.165, 1.54) is 12.1 Å². The summed E-state index contributed by atoms with van der Waals surface area (Å²) in [6.07, 6.45) is 3.12. The van der Waals surface area contributed by atoms with E-state index in [0.717, 1.165) is 60.3 Å². The van der Waals surface area contributed by atoms with Gasteiger partial charge in [-0.2, -0.15) is 0 Å². The van der Waals surface area contributed by atoms with Crippen LogP contribution in [-0.4, -0.2) is 106 Å². The van der Waals surface area contributed by atoms with Crippen LogP contribution in [0.5, 0.6) is 11.5 Å². The molecule has 70 heavy (non-hydrogen) atoms. The Bertz CT molecular complexity index is 2790. The van der Waals surface area contributed by atoms with Gasteiger partial charge in [0.15, 0.2) is 0 Å². The number of aliphatic hydroxyl groups is 1. The molecule has 0 aliphatic carbocycles. The molecule has 0 radical (unpaired) electrons. The van der Waals surface area contributed by atoms with Gasteiger partial charge in [0.25, 0.3) is 0 Å². The SMILES string of the molecule is O=C(Cc1ccc(CC(=O)N(CCCNC[C@H](O)c2ccc(O)c3[nH]c(=O)ccc23)Cc2ccccc2OCc2ccccc2)cc1)N1CCC(C(=O)O[C@H]2CN3CCC2CC3)(c2ccccc2)CC1. The molecule has 4 fully saturated rings. The number of para-hydroxylation sites is 1. The topological polar surface area (TPSA) is 165 Å². The summed E-state index contributed by atoms with van der Waals surface area (Å²) in [7, 11) is 0. The van der Waals surface area contributed by atoms with Gasteiger partial charge in [0.2, 0.25) is 17.4 Å². The third kappa shape index (κ3) is 11.4. The number of rotatable bonds is 19. The number of hydrogen-bond acceptors (Lipinski definition) is 10. The second-order valence-corrected chi connectivity index (χ2v) is 19.1.